The molecule has 0 aliphatic rings. The second kappa shape index (κ2) is 6.03. The minimum atomic E-state index is -3.48. The number of hydrogen-bond acceptors (Lipinski definition) is 4. The van der Waals surface area contributed by atoms with E-state index in [0.717, 1.165) is 0 Å². The Morgan fingerprint density at radius 2 is 1.93 bits per heavy atom. The van der Waals surface area contributed by atoms with Crippen molar-refractivity contribution in [3.63, 3.8) is 0 Å². The van der Waals surface area contributed by atoms with Gasteiger partial charge in [-0.3, -0.25) is 0 Å². The Bertz CT molecular complexity index is 274. The maximum atomic E-state index is 10.9. The van der Waals surface area contributed by atoms with Crippen molar-refractivity contribution < 1.29 is 17.9 Å². The van der Waals surface area contributed by atoms with E-state index in [1.807, 2.05) is 6.92 Å². The van der Waals surface area contributed by atoms with Gasteiger partial charge in [0.2, 0.25) is 9.05 Å². The maximum Gasteiger partial charge on any atom is 0.233 e. The molecule has 0 heterocycles. The molecule has 0 bridgehead atoms. The third-order valence-electron chi connectivity index (χ3n) is 1.72. The van der Waals surface area contributed by atoms with Crippen molar-refractivity contribution in [1.29, 1.82) is 0 Å². The van der Waals surface area contributed by atoms with Crippen molar-refractivity contribution in [3.05, 3.63) is 0 Å². The summed E-state index contributed by atoms with van der Waals surface area (Å²) in [4.78, 5) is 0. The molecule has 0 saturated heterocycles. The predicted octanol–water partition coefficient (Wildman–Crippen LogP) is 1.63. The van der Waals surface area contributed by atoms with E-state index in [9.17, 15) is 8.42 Å². The number of halogens is 1. The monoisotopic (exact) mass is 258 g/mol. The van der Waals surface area contributed by atoms with E-state index in [1.54, 1.807) is 21.0 Å². The van der Waals surface area contributed by atoms with Crippen molar-refractivity contribution >= 4 is 19.7 Å². The first kappa shape index (κ1) is 15.2. The van der Waals surface area contributed by atoms with Gasteiger partial charge in [-0.15, -0.1) is 0 Å². The van der Waals surface area contributed by atoms with Crippen molar-refractivity contribution in [2.24, 2.45) is 5.41 Å². The largest absolute Gasteiger partial charge is 0.382 e. The molecule has 15 heavy (non-hydrogen) atoms. The Morgan fingerprint density at radius 3 is 2.33 bits per heavy atom. The molecular formula is C9H19ClO4S. The summed E-state index contributed by atoms with van der Waals surface area (Å²) in [5.74, 6) is -0.0960. The number of ether oxygens (including phenoxy) is 2. The lowest BCUT2D eigenvalue weighted by atomic mass is 9.98. The van der Waals surface area contributed by atoms with Crippen LogP contribution >= 0.6 is 10.7 Å². The molecule has 0 aromatic rings. The molecule has 0 aromatic carbocycles. The van der Waals surface area contributed by atoms with Crippen LogP contribution in [0.1, 0.15) is 20.8 Å². The van der Waals surface area contributed by atoms with Crippen LogP contribution in [0.2, 0.25) is 0 Å². The smallest absolute Gasteiger partial charge is 0.233 e. The fourth-order valence-corrected chi connectivity index (χ4v) is 3.06. The summed E-state index contributed by atoms with van der Waals surface area (Å²) in [6.45, 7) is 6.29. The summed E-state index contributed by atoms with van der Waals surface area (Å²) in [6.07, 6.45) is -0.0488. The van der Waals surface area contributed by atoms with Crippen molar-refractivity contribution in [3.8, 4) is 0 Å². The SMILES string of the molecule is COCC(C)OCC(C)(C)CS(=O)(=O)Cl. The van der Waals surface area contributed by atoms with Crippen molar-refractivity contribution in [2.75, 3.05) is 26.1 Å². The molecule has 6 heteroatoms. The van der Waals surface area contributed by atoms with Crippen molar-refractivity contribution in [2.45, 2.75) is 26.9 Å². The first-order chi connectivity index (χ1) is 6.66. The van der Waals surface area contributed by atoms with Crippen LogP contribution in [0.5, 0.6) is 0 Å². The first-order valence-corrected chi connectivity index (χ1v) is 7.17. The van der Waals surface area contributed by atoms with E-state index < -0.39 is 14.5 Å². The normalized spacial score (nSPS) is 15.3. The van der Waals surface area contributed by atoms with Gasteiger partial charge in [-0.2, -0.15) is 0 Å². The summed E-state index contributed by atoms with van der Waals surface area (Å²) in [5, 5.41) is 0. The number of rotatable bonds is 7. The maximum absolute atomic E-state index is 10.9. The molecule has 4 nitrogen and oxygen atoms in total. The lowest BCUT2D eigenvalue weighted by Crippen LogP contribution is -2.30. The molecule has 0 aliphatic carbocycles. The van der Waals surface area contributed by atoms with Crippen LogP contribution in [0.25, 0.3) is 0 Å². The van der Waals surface area contributed by atoms with E-state index in [0.29, 0.717) is 13.2 Å². The molecular weight excluding hydrogens is 240 g/mol. The highest BCUT2D eigenvalue weighted by Gasteiger charge is 2.25. The van der Waals surface area contributed by atoms with Gasteiger partial charge in [0.05, 0.1) is 25.1 Å². The second-order valence-corrected chi connectivity index (χ2v) is 7.20. The van der Waals surface area contributed by atoms with Gasteiger partial charge < -0.3 is 9.47 Å². The zero-order valence-electron chi connectivity index (χ0n) is 9.62. The number of hydrogen-bond donors (Lipinski definition) is 0. The molecule has 1 unspecified atom stereocenters. The quantitative estimate of drug-likeness (QED) is 0.652. The van der Waals surface area contributed by atoms with Crippen LogP contribution in [0, 0.1) is 5.41 Å². The molecule has 0 aromatic heterocycles. The standard InChI is InChI=1S/C9H19ClO4S/c1-8(5-13-4)14-6-9(2,3)7-15(10,11)12/h8H,5-7H2,1-4H3. The molecule has 0 aliphatic heterocycles. The highest BCUT2D eigenvalue weighted by molar-refractivity contribution is 8.13. The summed E-state index contributed by atoms with van der Waals surface area (Å²) in [7, 11) is 3.30. The van der Waals surface area contributed by atoms with Gasteiger partial charge in [0.1, 0.15) is 0 Å². The van der Waals surface area contributed by atoms with Gasteiger partial charge in [0.25, 0.3) is 0 Å². The average molecular weight is 259 g/mol. The van der Waals surface area contributed by atoms with Crippen molar-refractivity contribution in [1.82, 2.24) is 0 Å². The molecule has 0 N–H and O–H groups in total. The molecule has 0 rings (SSSR count). The zero-order valence-corrected chi connectivity index (χ0v) is 11.2. The van der Waals surface area contributed by atoms with Crippen LogP contribution in [0.4, 0.5) is 0 Å². The van der Waals surface area contributed by atoms with Gasteiger partial charge in [-0.1, -0.05) is 13.8 Å². The summed E-state index contributed by atoms with van der Waals surface area (Å²) < 4.78 is 32.2. The minimum Gasteiger partial charge on any atom is -0.382 e. The second-order valence-electron chi connectivity index (χ2n) is 4.42. The molecule has 1 atom stereocenters. The molecule has 0 fully saturated rings. The third-order valence-corrected chi connectivity index (χ3v) is 3.18. The Kier molecular flexibility index (Phi) is 6.10. The van der Waals surface area contributed by atoms with Crippen LogP contribution in [-0.4, -0.2) is 40.6 Å². The Labute approximate surface area is 96.3 Å². The van der Waals surface area contributed by atoms with Gasteiger partial charge in [-0.25, -0.2) is 8.42 Å². The molecule has 0 amide bonds. The van der Waals surface area contributed by atoms with Crippen LogP contribution in [-0.2, 0) is 18.5 Å². The van der Waals surface area contributed by atoms with E-state index in [2.05, 4.69) is 0 Å². The topological polar surface area (TPSA) is 52.6 Å². The lowest BCUT2D eigenvalue weighted by molar-refractivity contribution is -0.0199. The van der Waals surface area contributed by atoms with E-state index in [-0.39, 0.29) is 11.9 Å². The summed E-state index contributed by atoms with van der Waals surface area (Å²) in [5.41, 5.74) is -0.484. The number of methoxy groups -OCH3 is 1. The first-order valence-electron chi connectivity index (χ1n) is 4.69. The predicted molar refractivity (Wildman–Crippen MR) is 60.7 cm³/mol. The minimum absolute atomic E-state index is 0.0488. The Morgan fingerprint density at radius 1 is 1.40 bits per heavy atom. The summed E-state index contributed by atoms with van der Waals surface area (Å²) in [6, 6.07) is 0. The Balaban J connectivity index is 4.04. The van der Waals surface area contributed by atoms with Gasteiger partial charge in [-0.05, 0) is 6.92 Å². The highest BCUT2D eigenvalue weighted by atomic mass is 35.7. The fourth-order valence-electron chi connectivity index (χ4n) is 1.16. The third kappa shape index (κ3) is 9.11. The van der Waals surface area contributed by atoms with E-state index in [4.69, 9.17) is 20.2 Å². The van der Waals surface area contributed by atoms with Gasteiger partial charge in [0, 0.05) is 23.2 Å². The molecule has 0 radical (unpaired) electrons. The van der Waals surface area contributed by atoms with Crippen LogP contribution < -0.4 is 0 Å². The van der Waals surface area contributed by atoms with Gasteiger partial charge >= 0.3 is 0 Å². The van der Waals surface area contributed by atoms with Crippen LogP contribution in [0.15, 0.2) is 0 Å². The Hall–Kier alpha value is 0.160. The highest BCUT2D eigenvalue weighted by Crippen LogP contribution is 2.21. The van der Waals surface area contributed by atoms with E-state index >= 15 is 0 Å². The zero-order chi connectivity index (χ0) is 12.1. The van der Waals surface area contributed by atoms with Crippen LogP contribution in [0.3, 0.4) is 0 Å². The molecule has 92 valence electrons. The average Bonchev–Trinajstić information content (AvgIpc) is 1.97. The fraction of sp³-hybridized carbons (Fsp3) is 1.00. The molecule has 0 spiro atoms. The van der Waals surface area contributed by atoms with Gasteiger partial charge in [0.15, 0.2) is 0 Å². The summed E-state index contributed by atoms with van der Waals surface area (Å²) >= 11 is 0. The molecule has 0 saturated carbocycles. The lowest BCUT2D eigenvalue weighted by Gasteiger charge is -2.24. The van der Waals surface area contributed by atoms with E-state index in [1.165, 1.54) is 0 Å².